The summed E-state index contributed by atoms with van der Waals surface area (Å²) in [7, 11) is 0. The molecule has 0 spiro atoms. The van der Waals surface area contributed by atoms with E-state index in [1.807, 2.05) is 13.8 Å². The minimum Gasteiger partial charge on any atom is -0.409 e. The van der Waals surface area contributed by atoms with Crippen LogP contribution in [0.5, 0.6) is 0 Å². The van der Waals surface area contributed by atoms with Crippen LogP contribution < -0.4 is 5.73 Å². The maximum absolute atomic E-state index is 12.0. The molecule has 1 heterocycles. The Labute approximate surface area is 95.0 Å². The number of hydrogen-bond donors (Lipinski definition) is 2. The number of amides is 1. The van der Waals surface area contributed by atoms with Crippen LogP contribution in [0.1, 0.15) is 20.8 Å². The van der Waals surface area contributed by atoms with Gasteiger partial charge in [-0.1, -0.05) is 5.16 Å². The lowest BCUT2D eigenvalue weighted by Gasteiger charge is -2.36. The number of ether oxygens (including phenoxy) is 1. The van der Waals surface area contributed by atoms with Gasteiger partial charge in [-0.15, -0.1) is 0 Å². The minimum absolute atomic E-state index is 0.0205. The van der Waals surface area contributed by atoms with Crippen molar-refractivity contribution in [3.63, 3.8) is 0 Å². The van der Waals surface area contributed by atoms with Gasteiger partial charge in [-0.3, -0.25) is 4.79 Å². The molecule has 0 radical (unpaired) electrons. The summed E-state index contributed by atoms with van der Waals surface area (Å²) in [6.45, 7) is 6.56. The molecule has 3 unspecified atom stereocenters. The quantitative estimate of drug-likeness (QED) is 0.302. The Morgan fingerprint density at radius 3 is 2.44 bits per heavy atom. The van der Waals surface area contributed by atoms with Crippen LogP contribution in [0.15, 0.2) is 5.16 Å². The summed E-state index contributed by atoms with van der Waals surface area (Å²) in [4.78, 5) is 13.7. The monoisotopic (exact) mass is 229 g/mol. The fourth-order valence-corrected chi connectivity index (χ4v) is 1.84. The van der Waals surface area contributed by atoms with E-state index in [-0.39, 0.29) is 24.0 Å². The average molecular weight is 229 g/mol. The molecule has 0 aromatic rings. The lowest BCUT2D eigenvalue weighted by molar-refractivity contribution is -0.144. The Hall–Kier alpha value is -1.30. The molecule has 3 atom stereocenters. The molecule has 1 aliphatic rings. The summed E-state index contributed by atoms with van der Waals surface area (Å²) in [6, 6.07) is 0. The lowest BCUT2D eigenvalue weighted by Crippen LogP contribution is -2.51. The summed E-state index contributed by atoms with van der Waals surface area (Å²) >= 11 is 0. The molecule has 6 nitrogen and oxygen atoms in total. The molecule has 6 heteroatoms. The molecule has 92 valence electrons. The van der Waals surface area contributed by atoms with Crippen LogP contribution in [0.3, 0.4) is 0 Å². The molecule has 1 rings (SSSR count). The van der Waals surface area contributed by atoms with Crippen molar-refractivity contribution in [1.82, 2.24) is 4.90 Å². The second kappa shape index (κ2) is 5.16. The Morgan fingerprint density at radius 1 is 1.50 bits per heavy atom. The summed E-state index contributed by atoms with van der Waals surface area (Å²) in [5, 5.41) is 11.4. The second-order valence-electron chi connectivity index (χ2n) is 4.25. The van der Waals surface area contributed by atoms with Crippen LogP contribution in [0.2, 0.25) is 0 Å². The van der Waals surface area contributed by atoms with Crippen molar-refractivity contribution in [2.45, 2.75) is 33.0 Å². The number of carbonyl (C=O) groups excluding carboxylic acids is 1. The van der Waals surface area contributed by atoms with E-state index >= 15 is 0 Å². The van der Waals surface area contributed by atoms with Crippen LogP contribution in [0.4, 0.5) is 0 Å². The third-order valence-corrected chi connectivity index (χ3v) is 2.66. The molecule has 0 saturated carbocycles. The zero-order valence-electron chi connectivity index (χ0n) is 9.88. The van der Waals surface area contributed by atoms with E-state index in [4.69, 9.17) is 15.7 Å². The van der Waals surface area contributed by atoms with E-state index in [0.717, 1.165) is 0 Å². The SMILES string of the molecule is CC1CN(C(=O)C(C)C(N)=NO)CC(C)O1. The van der Waals surface area contributed by atoms with Crippen molar-refractivity contribution in [1.29, 1.82) is 0 Å². The number of hydrogen-bond acceptors (Lipinski definition) is 4. The third kappa shape index (κ3) is 2.85. The van der Waals surface area contributed by atoms with Gasteiger partial charge in [0, 0.05) is 13.1 Å². The second-order valence-corrected chi connectivity index (χ2v) is 4.25. The summed E-state index contributed by atoms with van der Waals surface area (Å²) in [6.07, 6.45) is 0.0411. The molecule has 0 aromatic carbocycles. The van der Waals surface area contributed by atoms with Gasteiger partial charge in [0.15, 0.2) is 5.84 Å². The molecule has 0 aromatic heterocycles. The first-order chi connectivity index (χ1) is 7.45. The van der Waals surface area contributed by atoms with E-state index in [0.29, 0.717) is 13.1 Å². The Balaban J connectivity index is 2.66. The van der Waals surface area contributed by atoms with Gasteiger partial charge in [-0.05, 0) is 20.8 Å². The number of oxime groups is 1. The zero-order valence-corrected chi connectivity index (χ0v) is 9.88. The van der Waals surface area contributed by atoms with Crippen molar-refractivity contribution >= 4 is 11.7 Å². The van der Waals surface area contributed by atoms with Crippen LogP contribution in [-0.4, -0.2) is 47.1 Å². The zero-order chi connectivity index (χ0) is 12.3. The number of amidine groups is 1. The summed E-state index contributed by atoms with van der Waals surface area (Å²) in [5.74, 6) is -0.781. The highest BCUT2D eigenvalue weighted by atomic mass is 16.5. The van der Waals surface area contributed by atoms with Gasteiger partial charge in [-0.25, -0.2) is 0 Å². The Kier molecular flexibility index (Phi) is 4.12. The van der Waals surface area contributed by atoms with E-state index in [1.165, 1.54) is 0 Å². The first-order valence-corrected chi connectivity index (χ1v) is 5.37. The van der Waals surface area contributed by atoms with Gasteiger partial charge >= 0.3 is 0 Å². The van der Waals surface area contributed by atoms with Crippen LogP contribution in [-0.2, 0) is 9.53 Å². The van der Waals surface area contributed by atoms with Crippen molar-refractivity contribution in [2.24, 2.45) is 16.8 Å². The molecular formula is C10H19N3O3. The van der Waals surface area contributed by atoms with Gasteiger partial charge in [0.1, 0.15) is 0 Å². The summed E-state index contributed by atoms with van der Waals surface area (Å²) < 4.78 is 5.53. The highest BCUT2D eigenvalue weighted by Crippen LogP contribution is 2.13. The number of morpholine rings is 1. The Bertz CT molecular complexity index is 283. The van der Waals surface area contributed by atoms with E-state index in [2.05, 4.69) is 5.16 Å². The standard InChI is InChI=1S/C10H19N3O3/c1-6-4-13(5-7(2)16-6)10(14)8(3)9(11)12-15/h6-8,15H,4-5H2,1-3H3,(H2,11,12). The van der Waals surface area contributed by atoms with Crippen molar-refractivity contribution < 1.29 is 14.7 Å². The predicted molar refractivity (Wildman–Crippen MR) is 59.2 cm³/mol. The molecule has 0 bridgehead atoms. The minimum atomic E-state index is -0.595. The molecule has 1 amide bonds. The number of rotatable bonds is 2. The van der Waals surface area contributed by atoms with Crippen molar-refractivity contribution in [2.75, 3.05) is 13.1 Å². The molecule has 16 heavy (non-hydrogen) atoms. The number of carbonyl (C=O) groups is 1. The predicted octanol–water partition coefficient (Wildman–Crippen LogP) is 0.00470. The lowest BCUT2D eigenvalue weighted by atomic mass is 10.1. The van der Waals surface area contributed by atoms with E-state index < -0.39 is 5.92 Å². The number of nitrogens with two attached hydrogens (primary N) is 1. The molecule has 3 N–H and O–H groups in total. The molecule has 1 aliphatic heterocycles. The van der Waals surface area contributed by atoms with Gasteiger partial charge in [0.25, 0.3) is 0 Å². The highest BCUT2D eigenvalue weighted by Gasteiger charge is 2.30. The topological polar surface area (TPSA) is 88.2 Å². The maximum atomic E-state index is 12.0. The largest absolute Gasteiger partial charge is 0.409 e. The van der Waals surface area contributed by atoms with Crippen LogP contribution in [0.25, 0.3) is 0 Å². The maximum Gasteiger partial charge on any atom is 0.233 e. The van der Waals surface area contributed by atoms with Gasteiger partial charge in [0.2, 0.25) is 5.91 Å². The average Bonchev–Trinajstić information content (AvgIpc) is 2.24. The molecule has 1 saturated heterocycles. The van der Waals surface area contributed by atoms with Gasteiger partial charge < -0.3 is 20.6 Å². The van der Waals surface area contributed by atoms with Crippen molar-refractivity contribution in [3.05, 3.63) is 0 Å². The van der Waals surface area contributed by atoms with E-state index in [9.17, 15) is 4.79 Å². The van der Waals surface area contributed by atoms with Crippen molar-refractivity contribution in [3.8, 4) is 0 Å². The fourth-order valence-electron chi connectivity index (χ4n) is 1.84. The fraction of sp³-hybridized carbons (Fsp3) is 0.800. The molecule has 0 aliphatic carbocycles. The van der Waals surface area contributed by atoms with Crippen LogP contribution in [0, 0.1) is 5.92 Å². The first kappa shape index (κ1) is 12.8. The first-order valence-electron chi connectivity index (χ1n) is 5.37. The normalized spacial score (nSPS) is 28.9. The van der Waals surface area contributed by atoms with Crippen LogP contribution >= 0.6 is 0 Å². The third-order valence-electron chi connectivity index (χ3n) is 2.66. The van der Waals surface area contributed by atoms with Gasteiger partial charge in [-0.2, -0.15) is 0 Å². The highest BCUT2D eigenvalue weighted by molar-refractivity contribution is 6.01. The Morgan fingerprint density at radius 2 is 2.00 bits per heavy atom. The smallest absolute Gasteiger partial charge is 0.233 e. The number of nitrogens with zero attached hydrogens (tertiary/aromatic N) is 2. The molecular weight excluding hydrogens is 210 g/mol. The summed E-state index contributed by atoms with van der Waals surface area (Å²) in [5.41, 5.74) is 5.41. The molecule has 1 fully saturated rings. The van der Waals surface area contributed by atoms with E-state index in [1.54, 1.807) is 11.8 Å². The van der Waals surface area contributed by atoms with Gasteiger partial charge in [0.05, 0.1) is 18.1 Å².